The minimum absolute atomic E-state index is 0.0746. The molecule has 0 bridgehead atoms. The second-order valence-electron chi connectivity index (χ2n) is 5.55. The number of nitrogens with zero attached hydrogens (tertiary/aromatic N) is 3. The molecule has 0 unspecified atom stereocenters. The summed E-state index contributed by atoms with van der Waals surface area (Å²) < 4.78 is 1.94. The molecule has 3 aromatic rings. The molecule has 0 saturated carbocycles. The Morgan fingerprint density at radius 1 is 1.16 bits per heavy atom. The number of amides is 1. The highest BCUT2D eigenvalue weighted by atomic mass is 35.5. The van der Waals surface area contributed by atoms with E-state index in [1.807, 2.05) is 53.1 Å². The number of carbonyl (C=O) groups excluding carboxylic acids is 1. The summed E-state index contributed by atoms with van der Waals surface area (Å²) in [6.07, 6.45) is 3.96. The molecular formula is C18H19ClN4OS. The van der Waals surface area contributed by atoms with Crippen molar-refractivity contribution in [3.63, 3.8) is 0 Å². The molecule has 0 atom stereocenters. The number of hydrogen-bond acceptors (Lipinski definition) is 4. The van der Waals surface area contributed by atoms with Crippen LogP contribution in [0.25, 0.3) is 5.65 Å². The van der Waals surface area contributed by atoms with E-state index >= 15 is 0 Å². The topological polar surface area (TPSA) is 59.3 Å². The van der Waals surface area contributed by atoms with E-state index in [-0.39, 0.29) is 5.91 Å². The number of pyridine rings is 1. The molecule has 3 rings (SSSR count). The van der Waals surface area contributed by atoms with E-state index in [2.05, 4.69) is 15.5 Å². The number of benzene rings is 1. The fourth-order valence-corrected chi connectivity index (χ4v) is 3.40. The highest BCUT2D eigenvalue weighted by molar-refractivity contribution is 7.99. The number of aromatic nitrogens is 3. The molecule has 0 spiro atoms. The molecule has 0 aliphatic carbocycles. The number of hydrogen-bond donors (Lipinski definition) is 1. The lowest BCUT2D eigenvalue weighted by atomic mass is 10.3. The maximum absolute atomic E-state index is 11.9. The zero-order valence-electron chi connectivity index (χ0n) is 13.7. The van der Waals surface area contributed by atoms with Crippen molar-refractivity contribution in [2.75, 3.05) is 12.3 Å². The average Bonchev–Trinajstić information content (AvgIpc) is 3.04. The summed E-state index contributed by atoms with van der Waals surface area (Å²) in [5, 5.41) is 11.9. The number of rotatable bonds is 8. The Hall–Kier alpha value is -2.05. The highest BCUT2D eigenvalue weighted by Crippen LogP contribution is 2.21. The quantitative estimate of drug-likeness (QED) is 0.483. The summed E-state index contributed by atoms with van der Waals surface area (Å²) in [4.78, 5) is 13.1. The van der Waals surface area contributed by atoms with Gasteiger partial charge in [0.25, 0.3) is 0 Å². The Balaban J connectivity index is 1.33. The maximum Gasteiger partial charge on any atom is 0.220 e. The fraction of sp³-hybridized carbons (Fsp3) is 0.278. The fourth-order valence-electron chi connectivity index (χ4n) is 2.42. The molecule has 130 valence electrons. The van der Waals surface area contributed by atoms with E-state index in [0.29, 0.717) is 19.4 Å². The van der Waals surface area contributed by atoms with Crippen molar-refractivity contribution in [2.24, 2.45) is 0 Å². The second-order valence-corrected chi connectivity index (χ2v) is 7.16. The lowest BCUT2D eigenvalue weighted by Gasteiger charge is -2.05. The lowest BCUT2D eigenvalue weighted by molar-refractivity contribution is -0.121. The third-order valence-electron chi connectivity index (χ3n) is 3.69. The van der Waals surface area contributed by atoms with Crippen LogP contribution in [0, 0.1) is 0 Å². The van der Waals surface area contributed by atoms with Crippen LogP contribution in [0.2, 0.25) is 5.02 Å². The van der Waals surface area contributed by atoms with E-state index in [1.54, 1.807) is 11.8 Å². The molecule has 0 aliphatic heterocycles. The van der Waals surface area contributed by atoms with Crippen molar-refractivity contribution >= 4 is 34.9 Å². The Kier molecular flexibility index (Phi) is 6.30. The van der Waals surface area contributed by atoms with Crippen molar-refractivity contribution in [2.45, 2.75) is 24.2 Å². The van der Waals surface area contributed by atoms with Crippen LogP contribution < -0.4 is 5.32 Å². The van der Waals surface area contributed by atoms with Crippen molar-refractivity contribution < 1.29 is 4.79 Å². The normalized spacial score (nSPS) is 10.9. The number of fused-ring (bicyclic) bond motifs is 1. The summed E-state index contributed by atoms with van der Waals surface area (Å²) in [6, 6.07) is 13.5. The molecule has 0 radical (unpaired) electrons. The Morgan fingerprint density at radius 3 is 2.84 bits per heavy atom. The van der Waals surface area contributed by atoms with E-state index in [9.17, 15) is 4.79 Å². The number of thioether (sulfide) groups is 1. The van der Waals surface area contributed by atoms with Crippen LogP contribution in [0.1, 0.15) is 18.7 Å². The van der Waals surface area contributed by atoms with Gasteiger partial charge in [-0.1, -0.05) is 17.7 Å². The number of nitrogens with one attached hydrogen (secondary N) is 1. The van der Waals surface area contributed by atoms with Crippen molar-refractivity contribution in [1.82, 2.24) is 19.9 Å². The summed E-state index contributed by atoms with van der Waals surface area (Å²) >= 11 is 7.59. The minimum Gasteiger partial charge on any atom is -0.356 e. The van der Waals surface area contributed by atoms with Gasteiger partial charge in [0.05, 0.1) is 0 Å². The van der Waals surface area contributed by atoms with E-state index in [0.717, 1.165) is 28.7 Å². The van der Waals surface area contributed by atoms with Gasteiger partial charge >= 0.3 is 0 Å². The lowest BCUT2D eigenvalue weighted by Crippen LogP contribution is -2.26. The van der Waals surface area contributed by atoms with Gasteiger partial charge < -0.3 is 5.32 Å². The van der Waals surface area contributed by atoms with E-state index in [1.165, 1.54) is 4.90 Å². The number of carbonyl (C=O) groups is 1. The molecule has 7 heteroatoms. The molecule has 0 aliphatic rings. The average molecular weight is 375 g/mol. The van der Waals surface area contributed by atoms with Crippen LogP contribution in [-0.2, 0) is 11.2 Å². The van der Waals surface area contributed by atoms with Gasteiger partial charge in [0, 0.05) is 35.5 Å². The van der Waals surface area contributed by atoms with Gasteiger partial charge in [0.15, 0.2) is 5.65 Å². The first kappa shape index (κ1) is 17.8. The SMILES string of the molecule is O=C(CCCSc1ccc(Cl)cc1)NCCc1nnc2ccccn12. The first-order valence-electron chi connectivity index (χ1n) is 8.16. The van der Waals surface area contributed by atoms with Gasteiger partial charge in [0.1, 0.15) is 5.82 Å². The van der Waals surface area contributed by atoms with Gasteiger partial charge in [0.2, 0.25) is 5.91 Å². The van der Waals surface area contributed by atoms with E-state index in [4.69, 9.17) is 11.6 Å². The summed E-state index contributed by atoms with van der Waals surface area (Å²) in [5.74, 6) is 1.84. The smallest absolute Gasteiger partial charge is 0.220 e. The molecule has 25 heavy (non-hydrogen) atoms. The van der Waals surface area contributed by atoms with Gasteiger partial charge in [-0.2, -0.15) is 0 Å². The molecule has 1 N–H and O–H groups in total. The summed E-state index contributed by atoms with van der Waals surface area (Å²) in [6.45, 7) is 0.568. The van der Waals surface area contributed by atoms with Gasteiger partial charge in [-0.25, -0.2) is 0 Å². The molecular weight excluding hydrogens is 356 g/mol. The Morgan fingerprint density at radius 2 is 2.00 bits per heavy atom. The van der Waals surface area contributed by atoms with Crippen LogP contribution in [0.3, 0.4) is 0 Å². The predicted octanol–water partition coefficient (Wildman–Crippen LogP) is 3.61. The van der Waals surface area contributed by atoms with Crippen LogP contribution in [0.5, 0.6) is 0 Å². The van der Waals surface area contributed by atoms with Crippen LogP contribution >= 0.6 is 23.4 Å². The van der Waals surface area contributed by atoms with Crippen molar-refractivity contribution in [3.05, 3.63) is 59.5 Å². The second kappa shape index (κ2) is 8.87. The summed E-state index contributed by atoms with van der Waals surface area (Å²) in [5.41, 5.74) is 0.822. The monoisotopic (exact) mass is 374 g/mol. The Labute approximate surface area is 155 Å². The van der Waals surface area contributed by atoms with Gasteiger partial charge in [-0.15, -0.1) is 22.0 Å². The largest absolute Gasteiger partial charge is 0.356 e. The van der Waals surface area contributed by atoms with Crippen molar-refractivity contribution in [1.29, 1.82) is 0 Å². The molecule has 2 aromatic heterocycles. The molecule has 0 fully saturated rings. The maximum atomic E-state index is 11.9. The zero-order chi connectivity index (χ0) is 17.5. The van der Waals surface area contributed by atoms with Crippen molar-refractivity contribution in [3.8, 4) is 0 Å². The first-order chi connectivity index (χ1) is 12.2. The highest BCUT2D eigenvalue weighted by Gasteiger charge is 2.06. The Bertz CT molecular complexity index is 834. The number of halogens is 1. The molecule has 1 aromatic carbocycles. The van der Waals surface area contributed by atoms with Gasteiger partial charge in [-0.05, 0) is 48.6 Å². The molecule has 2 heterocycles. The van der Waals surface area contributed by atoms with Crippen LogP contribution in [0.15, 0.2) is 53.6 Å². The van der Waals surface area contributed by atoms with Gasteiger partial charge in [-0.3, -0.25) is 9.20 Å². The standard InChI is InChI=1S/C18H19ClN4OS/c19-14-6-8-15(9-7-14)25-13-3-5-18(24)20-11-10-17-22-21-16-4-1-2-12-23(16)17/h1-2,4,6-9,12H,3,5,10-11,13H2,(H,20,24). The van der Waals surface area contributed by atoms with E-state index < -0.39 is 0 Å². The third kappa shape index (κ3) is 5.21. The molecule has 0 saturated heterocycles. The predicted molar refractivity (Wildman–Crippen MR) is 101 cm³/mol. The minimum atomic E-state index is 0.0746. The zero-order valence-corrected chi connectivity index (χ0v) is 15.3. The first-order valence-corrected chi connectivity index (χ1v) is 9.52. The summed E-state index contributed by atoms with van der Waals surface area (Å²) in [7, 11) is 0. The molecule has 1 amide bonds. The van der Waals surface area contributed by atoms with Crippen LogP contribution in [-0.4, -0.2) is 32.8 Å². The van der Waals surface area contributed by atoms with Crippen LogP contribution in [0.4, 0.5) is 0 Å². The third-order valence-corrected chi connectivity index (χ3v) is 5.04. The molecule has 5 nitrogen and oxygen atoms in total.